The van der Waals surface area contributed by atoms with Crippen molar-refractivity contribution in [1.82, 2.24) is 0 Å². The summed E-state index contributed by atoms with van der Waals surface area (Å²) in [6, 6.07) is 0. The molecule has 0 aromatic rings. The van der Waals surface area contributed by atoms with Gasteiger partial charge in [0, 0.05) is 3.42 Å². The van der Waals surface area contributed by atoms with Crippen molar-refractivity contribution in [3.8, 4) is 0 Å². The molecule has 50 valence electrons. The van der Waals surface area contributed by atoms with E-state index in [0.717, 1.165) is 5.92 Å². The maximum absolute atomic E-state index is 2.63. The Labute approximate surface area is 69.9 Å². The van der Waals surface area contributed by atoms with Gasteiger partial charge in [-0.2, -0.15) is 0 Å². The zero-order chi connectivity index (χ0) is 6.32. The Kier molecular flexibility index (Phi) is 1.36. The van der Waals surface area contributed by atoms with Crippen LogP contribution < -0.4 is 0 Å². The van der Waals surface area contributed by atoms with Gasteiger partial charge in [-0.05, 0) is 25.2 Å². The predicted molar refractivity (Wildman–Crippen MR) is 47.8 cm³/mol. The van der Waals surface area contributed by atoms with Gasteiger partial charge < -0.3 is 0 Å². The van der Waals surface area contributed by atoms with Crippen LogP contribution in [0.4, 0.5) is 0 Å². The zero-order valence-electron chi connectivity index (χ0n) is 5.44. The summed E-state index contributed by atoms with van der Waals surface area (Å²) < 4.78 is 0.595. The molecule has 0 radical (unpaired) electrons. The Bertz CT molecular complexity index is 151. The van der Waals surface area contributed by atoms with Crippen LogP contribution in [0.2, 0.25) is 0 Å². The van der Waals surface area contributed by atoms with Crippen LogP contribution in [-0.2, 0) is 0 Å². The van der Waals surface area contributed by atoms with E-state index < -0.39 is 0 Å². The molecule has 0 nitrogen and oxygen atoms in total. The Morgan fingerprint density at radius 2 is 2.44 bits per heavy atom. The minimum absolute atomic E-state index is 0.595. The summed E-state index contributed by atoms with van der Waals surface area (Å²) in [7, 11) is 0. The van der Waals surface area contributed by atoms with Gasteiger partial charge in [-0.25, -0.2) is 0 Å². The molecule has 0 aliphatic heterocycles. The first-order valence-electron chi connectivity index (χ1n) is 3.68. The first kappa shape index (κ1) is 6.20. The molecule has 2 rings (SSSR count). The summed E-state index contributed by atoms with van der Waals surface area (Å²) in [5, 5.41) is 0. The van der Waals surface area contributed by atoms with Crippen molar-refractivity contribution < 1.29 is 0 Å². The van der Waals surface area contributed by atoms with Crippen molar-refractivity contribution in [2.75, 3.05) is 0 Å². The second kappa shape index (κ2) is 1.97. The topological polar surface area (TPSA) is 0 Å². The summed E-state index contributed by atoms with van der Waals surface area (Å²) in [5.74, 6) is 0.998. The average molecular weight is 234 g/mol. The molecule has 1 fully saturated rings. The summed E-state index contributed by atoms with van der Waals surface area (Å²) in [5.41, 5.74) is 0. The molecule has 0 aromatic carbocycles. The van der Waals surface area contributed by atoms with Gasteiger partial charge in [0.05, 0.1) is 0 Å². The van der Waals surface area contributed by atoms with Gasteiger partial charge in [0.1, 0.15) is 0 Å². The lowest BCUT2D eigenvalue weighted by molar-refractivity contribution is 0.550. The van der Waals surface area contributed by atoms with Crippen LogP contribution in [0.1, 0.15) is 25.7 Å². The van der Waals surface area contributed by atoms with Crippen molar-refractivity contribution in [2.24, 2.45) is 5.92 Å². The summed E-state index contributed by atoms with van der Waals surface area (Å²) in [6.45, 7) is 0. The average Bonchev–Trinajstić information content (AvgIpc) is 2.22. The molecule has 2 unspecified atom stereocenters. The number of alkyl halides is 1. The fourth-order valence-corrected chi connectivity index (χ4v) is 3.23. The Hall–Kier alpha value is 0.470. The minimum atomic E-state index is 0.595. The Balaban J connectivity index is 2.26. The number of rotatable bonds is 0. The Morgan fingerprint density at radius 1 is 1.56 bits per heavy atom. The number of fused-ring (bicyclic) bond motifs is 1. The second-order valence-corrected chi connectivity index (χ2v) is 5.16. The maximum Gasteiger partial charge on any atom is 0.0432 e. The van der Waals surface area contributed by atoms with Crippen molar-refractivity contribution in [3.05, 3.63) is 12.2 Å². The van der Waals surface area contributed by atoms with E-state index in [4.69, 9.17) is 0 Å². The van der Waals surface area contributed by atoms with Crippen molar-refractivity contribution >= 4 is 22.6 Å². The lowest BCUT2D eigenvalue weighted by Crippen LogP contribution is -2.17. The van der Waals surface area contributed by atoms with Crippen LogP contribution in [0.3, 0.4) is 0 Å². The first-order chi connectivity index (χ1) is 4.31. The molecule has 0 amide bonds. The highest BCUT2D eigenvalue weighted by molar-refractivity contribution is 14.1. The zero-order valence-corrected chi connectivity index (χ0v) is 7.60. The predicted octanol–water partition coefficient (Wildman–Crippen LogP) is 2.92. The number of halogens is 1. The molecule has 0 aromatic heterocycles. The monoisotopic (exact) mass is 234 g/mol. The van der Waals surface area contributed by atoms with Gasteiger partial charge in [0.2, 0.25) is 0 Å². The molecular weight excluding hydrogens is 223 g/mol. The van der Waals surface area contributed by atoms with Gasteiger partial charge >= 0.3 is 0 Å². The molecule has 9 heavy (non-hydrogen) atoms. The normalized spacial score (nSPS) is 47.9. The lowest BCUT2D eigenvalue weighted by Gasteiger charge is -2.18. The van der Waals surface area contributed by atoms with E-state index in [1.807, 2.05) is 0 Å². The Morgan fingerprint density at radius 3 is 3.22 bits per heavy atom. The smallest absolute Gasteiger partial charge is 0.0432 e. The second-order valence-electron chi connectivity index (χ2n) is 3.15. The molecule has 0 heterocycles. The van der Waals surface area contributed by atoms with E-state index in [2.05, 4.69) is 34.7 Å². The van der Waals surface area contributed by atoms with E-state index in [0.29, 0.717) is 3.42 Å². The van der Waals surface area contributed by atoms with Gasteiger partial charge in [-0.3, -0.25) is 0 Å². The number of hydrogen-bond donors (Lipinski definition) is 0. The minimum Gasteiger partial charge on any atom is -0.0869 e. The molecule has 1 saturated carbocycles. The SMILES string of the molecule is IC12C=CCC1CCC2. The van der Waals surface area contributed by atoms with E-state index in [1.165, 1.54) is 25.7 Å². The molecule has 0 saturated heterocycles. The van der Waals surface area contributed by atoms with Gasteiger partial charge in [0.25, 0.3) is 0 Å². The van der Waals surface area contributed by atoms with E-state index in [-0.39, 0.29) is 0 Å². The summed E-state index contributed by atoms with van der Waals surface area (Å²) in [6.07, 6.45) is 10.5. The molecule has 0 spiro atoms. The fraction of sp³-hybridized carbons (Fsp3) is 0.750. The van der Waals surface area contributed by atoms with Crippen molar-refractivity contribution in [2.45, 2.75) is 29.1 Å². The van der Waals surface area contributed by atoms with Crippen LogP contribution in [0.5, 0.6) is 0 Å². The van der Waals surface area contributed by atoms with Gasteiger partial charge in [-0.15, -0.1) is 0 Å². The third-order valence-electron chi connectivity index (χ3n) is 2.61. The van der Waals surface area contributed by atoms with E-state index in [1.54, 1.807) is 0 Å². The van der Waals surface area contributed by atoms with E-state index in [9.17, 15) is 0 Å². The molecule has 2 aliphatic carbocycles. The largest absolute Gasteiger partial charge is 0.0869 e. The molecule has 2 aliphatic rings. The van der Waals surface area contributed by atoms with Crippen LogP contribution >= 0.6 is 22.6 Å². The molecule has 1 heteroatoms. The van der Waals surface area contributed by atoms with Crippen LogP contribution in [0.25, 0.3) is 0 Å². The molecule has 0 N–H and O–H groups in total. The van der Waals surface area contributed by atoms with Gasteiger partial charge in [0.15, 0.2) is 0 Å². The van der Waals surface area contributed by atoms with Crippen molar-refractivity contribution in [1.29, 1.82) is 0 Å². The molecular formula is C8H11I. The number of hydrogen-bond acceptors (Lipinski definition) is 0. The van der Waals surface area contributed by atoms with Crippen LogP contribution in [-0.4, -0.2) is 3.42 Å². The maximum atomic E-state index is 2.63. The molecule has 2 atom stereocenters. The van der Waals surface area contributed by atoms with Gasteiger partial charge in [-0.1, -0.05) is 41.2 Å². The molecule has 0 bridgehead atoms. The summed E-state index contributed by atoms with van der Waals surface area (Å²) in [4.78, 5) is 0. The quantitative estimate of drug-likeness (QED) is 0.343. The summed E-state index contributed by atoms with van der Waals surface area (Å²) >= 11 is 2.63. The highest BCUT2D eigenvalue weighted by Crippen LogP contribution is 2.49. The van der Waals surface area contributed by atoms with Crippen molar-refractivity contribution in [3.63, 3.8) is 0 Å². The third kappa shape index (κ3) is 0.846. The van der Waals surface area contributed by atoms with Crippen LogP contribution in [0.15, 0.2) is 12.2 Å². The van der Waals surface area contributed by atoms with E-state index >= 15 is 0 Å². The lowest BCUT2D eigenvalue weighted by atomic mass is 10.0. The first-order valence-corrected chi connectivity index (χ1v) is 4.76. The number of allylic oxidation sites excluding steroid dienone is 2. The van der Waals surface area contributed by atoms with Crippen LogP contribution in [0, 0.1) is 5.92 Å². The highest BCUT2D eigenvalue weighted by Gasteiger charge is 2.40. The standard InChI is InChI=1S/C8H11I/c9-8-5-1-3-7(8)4-2-6-8/h1,5,7H,2-4,6H2. The highest BCUT2D eigenvalue weighted by atomic mass is 127. The fourth-order valence-electron chi connectivity index (χ4n) is 2.02. The third-order valence-corrected chi connectivity index (χ3v) is 4.39.